The number of para-hydroxylation sites is 1. The van der Waals surface area contributed by atoms with Gasteiger partial charge in [0.05, 0.1) is 17.7 Å². The van der Waals surface area contributed by atoms with Crippen molar-refractivity contribution in [2.45, 2.75) is 45.7 Å². The molecule has 0 aliphatic carbocycles. The van der Waals surface area contributed by atoms with E-state index in [0.29, 0.717) is 13.2 Å². The van der Waals surface area contributed by atoms with Crippen LogP contribution in [0.15, 0.2) is 35.5 Å². The molecule has 0 spiro atoms. The van der Waals surface area contributed by atoms with Gasteiger partial charge in [0.25, 0.3) is 0 Å². The van der Waals surface area contributed by atoms with E-state index in [0.717, 1.165) is 59.7 Å². The lowest BCUT2D eigenvalue weighted by Gasteiger charge is -2.28. The number of hydrogen-bond acceptors (Lipinski definition) is 6. The molecule has 0 saturated carbocycles. The molecule has 1 atom stereocenters. The predicted molar refractivity (Wildman–Crippen MR) is 123 cm³/mol. The number of nitrogens with zero attached hydrogens (tertiary/aromatic N) is 5. The van der Waals surface area contributed by atoms with Crippen LogP contribution in [0.25, 0.3) is 0 Å². The molecule has 1 aliphatic heterocycles. The van der Waals surface area contributed by atoms with E-state index in [1.165, 1.54) is 4.88 Å². The van der Waals surface area contributed by atoms with Crippen LogP contribution in [-0.4, -0.2) is 38.9 Å². The third kappa shape index (κ3) is 5.22. The number of aromatic nitrogens is 4. The van der Waals surface area contributed by atoms with Crippen LogP contribution >= 0.6 is 11.3 Å². The molecule has 0 fully saturated rings. The molecule has 0 amide bonds. The van der Waals surface area contributed by atoms with Crippen LogP contribution in [0.3, 0.4) is 0 Å². The van der Waals surface area contributed by atoms with E-state index in [9.17, 15) is 0 Å². The fourth-order valence-corrected chi connectivity index (χ4v) is 4.32. The minimum atomic E-state index is 0.143. The van der Waals surface area contributed by atoms with Crippen molar-refractivity contribution in [1.82, 2.24) is 30.4 Å². The first-order valence-electron chi connectivity index (χ1n) is 10.7. The van der Waals surface area contributed by atoms with Gasteiger partial charge in [-0.25, -0.2) is 9.98 Å². The minimum absolute atomic E-state index is 0.143. The molecule has 0 saturated heterocycles. The van der Waals surface area contributed by atoms with Gasteiger partial charge in [-0.3, -0.25) is 0 Å². The lowest BCUT2D eigenvalue weighted by Crippen LogP contribution is -2.42. The molecular formula is C22H29N7OS. The molecule has 3 aromatic rings. The van der Waals surface area contributed by atoms with Crippen LogP contribution in [0.5, 0.6) is 5.75 Å². The van der Waals surface area contributed by atoms with Gasteiger partial charge >= 0.3 is 0 Å². The third-order valence-electron chi connectivity index (χ3n) is 5.41. The topological polar surface area (TPSA) is 89.3 Å². The van der Waals surface area contributed by atoms with Gasteiger partial charge in [-0.1, -0.05) is 25.1 Å². The number of fused-ring (bicyclic) bond motifs is 1. The Morgan fingerprint density at radius 1 is 1.32 bits per heavy atom. The molecule has 8 nitrogen and oxygen atoms in total. The molecule has 2 aromatic heterocycles. The summed E-state index contributed by atoms with van der Waals surface area (Å²) in [6, 6.07) is 8.32. The highest BCUT2D eigenvalue weighted by molar-refractivity contribution is 7.11. The number of nitrogens with one attached hydrogen (secondary N) is 2. The van der Waals surface area contributed by atoms with E-state index in [1.807, 2.05) is 42.9 Å². The van der Waals surface area contributed by atoms with Gasteiger partial charge in [0.2, 0.25) is 0 Å². The molecule has 4 rings (SSSR count). The number of aryl methyl sites for hydroxylation is 2. The molecule has 1 aromatic carbocycles. The highest BCUT2D eigenvalue weighted by Gasteiger charge is 2.22. The SMILES string of the molecule is CCc1cnc(CCNC(=NCc2nnc(C)n2C)NC2CCOc3ccccc32)s1. The Balaban J connectivity index is 1.46. The second-order valence-electron chi connectivity index (χ2n) is 7.51. The highest BCUT2D eigenvalue weighted by atomic mass is 32.1. The number of thiazole rings is 1. The number of rotatable bonds is 7. The van der Waals surface area contributed by atoms with Crippen LogP contribution in [0.2, 0.25) is 0 Å². The predicted octanol–water partition coefficient (Wildman–Crippen LogP) is 2.94. The van der Waals surface area contributed by atoms with Gasteiger partial charge in [-0.15, -0.1) is 21.5 Å². The van der Waals surface area contributed by atoms with Crippen molar-refractivity contribution in [2.24, 2.45) is 12.0 Å². The summed E-state index contributed by atoms with van der Waals surface area (Å²) >= 11 is 1.78. The summed E-state index contributed by atoms with van der Waals surface area (Å²) in [6.45, 7) is 5.99. The third-order valence-corrected chi connectivity index (χ3v) is 6.61. The van der Waals surface area contributed by atoms with E-state index in [2.05, 4.69) is 38.8 Å². The number of benzene rings is 1. The standard InChI is InChI=1S/C22H29N7OS/c1-4-16-13-24-21(31-16)9-11-23-22(25-14-20-28-27-15(2)29(20)3)26-18-10-12-30-19-8-6-5-7-17(18)19/h5-8,13,18H,4,9-12,14H2,1-3H3,(H2,23,25,26). The van der Waals surface area contributed by atoms with Crippen molar-refractivity contribution in [1.29, 1.82) is 0 Å². The van der Waals surface area contributed by atoms with E-state index in [1.54, 1.807) is 11.3 Å². The van der Waals surface area contributed by atoms with E-state index in [-0.39, 0.29) is 6.04 Å². The van der Waals surface area contributed by atoms with Gasteiger partial charge in [0.1, 0.15) is 18.1 Å². The van der Waals surface area contributed by atoms with Crippen molar-refractivity contribution in [3.8, 4) is 5.75 Å². The van der Waals surface area contributed by atoms with Gasteiger partial charge in [-0.05, 0) is 19.4 Å². The monoisotopic (exact) mass is 439 g/mol. The average Bonchev–Trinajstić information content (AvgIpc) is 3.38. The Morgan fingerprint density at radius 3 is 2.97 bits per heavy atom. The van der Waals surface area contributed by atoms with E-state index >= 15 is 0 Å². The van der Waals surface area contributed by atoms with Crippen LogP contribution < -0.4 is 15.4 Å². The smallest absolute Gasteiger partial charge is 0.192 e. The summed E-state index contributed by atoms with van der Waals surface area (Å²) in [6.07, 6.45) is 4.74. The number of hydrogen-bond donors (Lipinski definition) is 2. The Morgan fingerprint density at radius 2 is 2.19 bits per heavy atom. The zero-order chi connectivity index (χ0) is 21.6. The molecule has 1 aliphatic rings. The van der Waals surface area contributed by atoms with Gasteiger partial charge in [0, 0.05) is 43.1 Å². The number of guanidine groups is 1. The van der Waals surface area contributed by atoms with Crippen molar-refractivity contribution >= 4 is 17.3 Å². The molecule has 1 unspecified atom stereocenters. The second-order valence-corrected chi connectivity index (χ2v) is 8.71. The molecular weight excluding hydrogens is 410 g/mol. The molecule has 3 heterocycles. The number of ether oxygens (including phenoxy) is 1. The van der Waals surface area contributed by atoms with Gasteiger partial charge in [-0.2, -0.15) is 0 Å². The molecule has 2 N–H and O–H groups in total. The van der Waals surface area contributed by atoms with Crippen LogP contribution in [0.4, 0.5) is 0 Å². The van der Waals surface area contributed by atoms with Crippen LogP contribution in [0.1, 0.15) is 46.5 Å². The Kier molecular flexibility index (Phi) is 6.81. The van der Waals surface area contributed by atoms with E-state index < -0.39 is 0 Å². The second kappa shape index (κ2) is 9.91. The summed E-state index contributed by atoms with van der Waals surface area (Å²) in [5.74, 6) is 3.40. The molecule has 31 heavy (non-hydrogen) atoms. The molecule has 0 radical (unpaired) electrons. The lowest BCUT2D eigenvalue weighted by molar-refractivity contribution is 0.261. The fraction of sp³-hybridized carbons (Fsp3) is 0.455. The van der Waals surface area contributed by atoms with Crippen LogP contribution in [0, 0.1) is 6.92 Å². The average molecular weight is 440 g/mol. The summed E-state index contributed by atoms with van der Waals surface area (Å²) in [5.41, 5.74) is 1.16. The first-order valence-corrected chi connectivity index (χ1v) is 11.5. The summed E-state index contributed by atoms with van der Waals surface area (Å²) in [7, 11) is 1.96. The maximum absolute atomic E-state index is 5.81. The molecule has 164 valence electrons. The first kappa shape index (κ1) is 21.3. The normalized spacial score (nSPS) is 16.0. The van der Waals surface area contributed by atoms with E-state index in [4.69, 9.17) is 9.73 Å². The molecule has 0 bridgehead atoms. The molecule has 9 heteroatoms. The number of aliphatic imine (C=N–C) groups is 1. The van der Waals surface area contributed by atoms with Crippen molar-refractivity contribution in [3.63, 3.8) is 0 Å². The lowest BCUT2D eigenvalue weighted by atomic mass is 10.0. The van der Waals surface area contributed by atoms with Gasteiger partial charge in [0.15, 0.2) is 11.8 Å². The van der Waals surface area contributed by atoms with Gasteiger partial charge < -0.3 is 19.9 Å². The fourth-order valence-electron chi connectivity index (χ4n) is 3.46. The first-order chi connectivity index (χ1) is 15.1. The zero-order valence-electron chi connectivity index (χ0n) is 18.3. The summed E-state index contributed by atoms with van der Waals surface area (Å²) in [4.78, 5) is 10.6. The zero-order valence-corrected chi connectivity index (χ0v) is 19.1. The van der Waals surface area contributed by atoms with Crippen molar-refractivity contribution < 1.29 is 4.74 Å². The van der Waals surface area contributed by atoms with Crippen LogP contribution in [-0.2, 0) is 26.4 Å². The van der Waals surface area contributed by atoms with Crippen molar-refractivity contribution in [2.75, 3.05) is 13.2 Å². The minimum Gasteiger partial charge on any atom is -0.493 e. The Hall–Kier alpha value is -2.94. The maximum atomic E-state index is 5.81. The summed E-state index contributed by atoms with van der Waals surface area (Å²) in [5, 5.41) is 16.6. The Labute approximate surface area is 186 Å². The summed E-state index contributed by atoms with van der Waals surface area (Å²) < 4.78 is 7.77. The largest absolute Gasteiger partial charge is 0.493 e. The quantitative estimate of drug-likeness (QED) is 0.435. The van der Waals surface area contributed by atoms with Crippen molar-refractivity contribution in [3.05, 3.63) is 57.6 Å². The Bertz CT molecular complexity index is 1040. The highest BCUT2D eigenvalue weighted by Crippen LogP contribution is 2.31. The maximum Gasteiger partial charge on any atom is 0.192 e.